The van der Waals surface area contributed by atoms with Gasteiger partial charge in [0.15, 0.2) is 0 Å². The molecule has 99 valence electrons. The summed E-state index contributed by atoms with van der Waals surface area (Å²) in [6, 6.07) is 2.19. The third-order valence-corrected chi connectivity index (χ3v) is 5.79. The molecule has 3 N–H and O–H groups in total. The number of aromatic nitrogens is 2. The molecule has 1 fully saturated rings. The molecule has 1 aliphatic heterocycles. The topological polar surface area (TPSA) is 75.3 Å². The Balaban J connectivity index is 2.01. The Morgan fingerprint density at radius 3 is 3.00 bits per heavy atom. The quantitative estimate of drug-likeness (QED) is 0.736. The van der Waals surface area contributed by atoms with Crippen molar-refractivity contribution in [2.75, 3.05) is 18.0 Å². The summed E-state index contributed by atoms with van der Waals surface area (Å²) in [5, 5.41) is 10.5. The Morgan fingerprint density at radius 1 is 1.61 bits per heavy atom. The molecule has 0 unspecified atom stereocenters. The van der Waals surface area contributed by atoms with Gasteiger partial charge in [-0.15, -0.1) is 0 Å². The Labute approximate surface area is 114 Å². The van der Waals surface area contributed by atoms with E-state index in [4.69, 9.17) is 5.73 Å². The molecule has 1 aromatic heterocycles. The first-order valence-corrected chi connectivity index (χ1v) is 8.44. The maximum atomic E-state index is 9.74. The van der Waals surface area contributed by atoms with E-state index in [-0.39, 0.29) is 21.8 Å². The molecular weight excluding hydrogens is 291 g/mol. The molecule has 1 atom stereocenters. The van der Waals surface area contributed by atoms with Crippen molar-refractivity contribution in [3.05, 3.63) is 12.3 Å². The van der Waals surface area contributed by atoms with Crippen LogP contribution < -0.4 is 15.2 Å². The molecule has 0 saturated carbocycles. The summed E-state index contributed by atoms with van der Waals surface area (Å²) >= 11 is -0.185. The molecule has 5 nitrogen and oxygen atoms in total. The van der Waals surface area contributed by atoms with Crippen molar-refractivity contribution in [2.45, 2.75) is 37.1 Å². The number of nitrogens with zero attached hydrogens (tertiary/aromatic N) is 3. The van der Waals surface area contributed by atoms with Crippen molar-refractivity contribution in [3.63, 3.8) is 0 Å². The molecule has 2 rings (SSSR count). The van der Waals surface area contributed by atoms with Gasteiger partial charge in [-0.3, -0.25) is 0 Å². The first kappa shape index (κ1) is 13.8. The third kappa shape index (κ3) is 3.94. The van der Waals surface area contributed by atoms with Gasteiger partial charge in [0.1, 0.15) is 0 Å². The molecule has 1 radical (unpaired) electrons. The van der Waals surface area contributed by atoms with Crippen molar-refractivity contribution in [1.29, 1.82) is 0 Å². The average Bonchev–Trinajstić information content (AvgIpc) is 2.73. The minimum atomic E-state index is -0.630. The number of rotatable bonds is 4. The Hall–Kier alpha value is -0.642. The van der Waals surface area contributed by atoms with Gasteiger partial charge in [0.25, 0.3) is 0 Å². The zero-order valence-corrected chi connectivity index (χ0v) is 12.8. The second-order valence-electron chi connectivity index (χ2n) is 5.34. The first-order valence-electron chi connectivity index (χ1n) is 6.17. The zero-order chi connectivity index (χ0) is 13.2. The summed E-state index contributed by atoms with van der Waals surface area (Å²) in [6.07, 6.45) is 2.83. The fourth-order valence-electron chi connectivity index (χ4n) is 1.85. The molecule has 0 amide bonds. The second-order valence-corrected chi connectivity index (χ2v) is 7.50. The maximum absolute atomic E-state index is 9.74. The normalized spacial score (nSPS) is 21.1. The summed E-state index contributed by atoms with van der Waals surface area (Å²) in [6.45, 7) is 5.50. The summed E-state index contributed by atoms with van der Waals surface area (Å²) in [5.41, 5.74) is 5.27. The number of aliphatic hydroxyl groups is 1. The molecule has 0 spiro atoms. The van der Waals surface area contributed by atoms with Gasteiger partial charge in [-0.05, 0) is 0 Å². The van der Waals surface area contributed by atoms with E-state index in [1.165, 1.54) is 0 Å². The van der Waals surface area contributed by atoms with Crippen molar-refractivity contribution in [3.8, 4) is 0 Å². The Morgan fingerprint density at radius 2 is 2.39 bits per heavy atom. The van der Waals surface area contributed by atoms with Crippen LogP contribution in [0.1, 0.15) is 20.3 Å². The minimum absolute atomic E-state index is 0.185. The van der Waals surface area contributed by atoms with Crippen LogP contribution in [0.25, 0.3) is 0 Å². The van der Waals surface area contributed by atoms with Gasteiger partial charge in [0.05, 0.1) is 0 Å². The number of nitrogens with two attached hydrogens (primary N) is 1. The van der Waals surface area contributed by atoms with Crippen molar-refractivity contribution >= 4 is 26.2 Å². The summed E-state index contributed by atoms with van der Waals surface area (Å²) in [4.78, 5) is 11.1. The van der Waals surface area contributed by atoms with Crippen LogP contribution in [0.4, 0.5) is 5.82 Å². The van der Waals surface area contributed by atoms with Crippen LogP contribution in [0.3, 0.4) is 0 Å². The number of hydrogen-bond acceptors (Lipinski definition) is 5. The van der Waals surface area contributed by atoms with Crippen LogP contribution in [-0.4, -0.2) is 55.6 Å². The van der Waals surface area contributed by atoms with Gasteiger partial charge in [0.2, 0.25) is 0 Å². The predicted molar refractivity (Wildman–Crippen MR) is 73.3 cm³/mol. The van der Waals surface area contributed by atoms with Gasteiger partial charge in [-0.25, -0.2) is 0 Å². The summed E-state index contributed by atoms with van der Waals surface area (Å²) < 4.78 is 0.881. The van der Waals surface area contributed by atoms with Gasteiger partial charge in [0, 0.05) is 0 Å². The van der Waals surface area contributed by atoms with Gasteiger partial charge in [-0.2, -0.15) is 0 Å². The molecule has 0 bridgehead atoms. The molecule has 1 aliphatic rings. The third-order valence-electron chi connectivity index (χ3n) is 2.78. The molecule has 0 aromatic carbocycles. The molecule has 1 saturated heterocycles. The van der Waals surface area contributed by atoms with Crippen molar-refractivity contribution < 1.29 is 5.11 Å². The second kappa shape index (κ2) is 5.55. The fourth-order valence-corrected chi connectivity index (χ4v) is 3.63. The van der Waals surface area contributed by atoms with Crippen molar-refractivity contribution in [1.82, 2.24) is 9.97 Å². The fraction of sp³-hybridized carbons (Fsp3) is 0.667. The molecule has 18 heavy (non-hydrogen) atoms. The molecule has 2 heterocycles. The Bertz CT molecular complexity index is 407. The molecule has 1 aromatic rings. The van der Waals surface area contributed by atoms with Gasteiger partial charge >= 0.3 is 114 Å². The first-order chi connectivity index (χ1) is 8.44. The van der Waals surface area contributed by atoms with Crippen LogP contribution in [0, 0.1) is 0 Å². The van der Waals surface area contributed by atoms with E-state index >= 15 is 0 Å². The van der Waals surface area contributed by atoms with E-state index in [2.05, 4.69) is 14.9 Å². The summed E-state index contributed by atoms with van der Waals surface area (Å²) in [5.74, 6) is 0.971. The standard InChI is InChI=1S/C12H20AsN4O/c1-12(2,18)8-13-11-15-5-3-10(16-11)17-6-4-9(14)7-17/h3,5,9,18H,4,6-8,14H2,1-2H3/t9-/m1/s1. The van der Waals surface area contributed by atoms with E-state index in [1.807, 2.05) is 26.1 Å². The molecule has 0 aliphatic carbocycles. The average molecular weight is 311 g/mol. The van der Waals surface area contributed by atoms with Crippen LogP contribution >= 0.6 is 0 Å². The summed E-state index contributed by atoms with van der Waals surface area (Å²) in [7, 11) is 0. The van der Waals surface area contributed by atoms with E-state index in [9.17, 15) is 5.11 Å². The molecule has 6 heteroatoms. The van der Waals surface area contributed by atoms with E-state index in [0.717, 1.165) is 35.1 Å². The van der Waals surface area contributed by atoms with Gasteiger partial charge < -0.3 is 0 Å². The monoisotopic (exact) mass is 311 g/mol. The van der Waals surface area contributed by atoms with Crippen molar-refractivity contribution in [2.24, 2.45) is 5.73 Å². The predicted octanol–water partition coefficient (Wildman–Crippen LogP) is -0.467. The van der Waals surface area contributed by atoms with Crippen LogP contribution in [0.15, 0.2) is 12.3 Å². The SMILES string of the molecule is CC(C)(O)C[As]c1nccc(N2CC[C@@H](N)C2)n1. The number of hydrogen-bond donors (Lipinski definition) is 2. The van der Waals surface area contributed by atoms with E-state index in [0.29, 0.717) is 0 Å². The van der Waals surface area contributed by atoms with E-state index in [1.54, 1.807) is 0 Å². The van der Waals surface area contributed by atoms with Crippen LogP contribution in [0.5, 0.6) is 0 Å². The van der Waals surface area contributed by atoms with Gasteiger partial charge in [-0.1, -0.05) is 0 Å². The molecular formula is C12H20AsN4O. The van der Waals surface area contributed by atoms with Crippen LogP contribution in [-0.2, 0) is 0 Å². The zero-order valence-electron chi connectivity index (χ0n) is 10.9. The van der Waals surface area contributed by atoms with E-state index < -0.39 is 5.60 Å². The Kier molecular flexibility index (Phi) is 4.25. The number of anilines is 1. The van der Waals surface area contributed by atoms with Crippen LogP contribution in [0.2, 0.25) is 5.21 Å².